The van der Waals surface area contributed by atoms with Crippen LogP contribution >= 0.6 is 24.0 Å². The van der Waals surface area contributed by atoms with Gasteiger partial charge in [-0.2, -0.15) is 0 Å². The number of piperidine rings is 1. The molecule has 1 aliphatic heterocycles. The summed E-state index contributed by atoms with van der Waals surface area (Å²) in [5.74, 6) is 0.313. The van der Waals surface area contributed by atoms with Crippen molar-refractivity contribution in [1.82, 2.24) is 15.5 Å². The highest BCUT2D eigenvalue weighted by molar-refractivity contribution is 14.0. The van der Waals surface area contributed by atoms with Crippen molar-refractivity contribution < 1.29 is 9.18 Å². The van der Waals surface area contributed by atoms with Crippen molar-refractivity contribution >= 4 is 35.8 Å². The second-order valence-electron chi connectivity index (χ2n) is 8.29. The molecule has 1 saturated heterocycles. The SMILES string of the molecule is CCNC(=NCc1cccc(CN2CCCC(C(N)=O)C2)c1)NCCc1ccc(F)cc1.I. The number of likely N-dealkylation sites (tertiary alicyclic amines) is 1. The van der Waals surface area contributed by atoms with E-state index in [4.69, 9.17) is 10.7 Å². The Balaban J connectivity index is 0.00000385. The number of nitrogens with one attached hydrogen (secondary N) is 2. The monoisotopic (exact) mass is 567 g/mol. The Bertz CT molecular complexity index is 906. The average Bonchev–Trinajstić information content (AvgIpc) is 2.79. The summed E-state index contributed by atoms with van der Waals surface area (Å²) in [5.41, 5.74) is 8.95. The summed E-state index contributed by atoms with van der Waals surface area (Å²) in [5, 5.41) is 6.61. The van der Waals surface area contributed by atoms with Crippen LogP contribution in [0.3, 0.4) is 0 Å². The molecule has 1 heterocycles. The fourth-order valence-electron chi connectivity index (χ4n) is 4.00. The van der Waals surface area contributed by atoms with Gasteiger partial charge in [0.2, 0.25) is 5.91 Å². The number of aliphatic imine (C=N–C) groups is 1. The zero-order valence-corrected chi connectivity index (χ0v) is 21.6. The normalized spacial score (nSPS) is 16.7. The number of nitrogens with zero attached hydrogens (tertiary/aromatic N) is 2. The van der Waals surface area contributed by atoms with Crippen molar-refractivity contribution in [3.05, 3.63) is 71.0 Å². The van der Waals surface area contributed by atoms with Gasteiger partial charge in [-0.05, 0) is 61.6 Å². The minimum atomic E-state index is -0.216. The molecular formula is C25H35FIN5O. The molecule has 1 amide bonds. The number of rotatable bonds is 9. The van der Waals surface area contributed by atoms with Crippen LogP contribution in [-0.4, -0.2) is 42.9 Å². The van der Waals surface area contributed by atoms with Crippen molar-refractivity contribution in [3.8, 4) is 0 Å². The third-order valence-corrected chi connectivity index (χ3v) is 5.69. The van der Waals surface area contributed by atoms with Crippen LogP contribution in [0.15, 0.2) is 53.5 Å². The first kappa shape index (κ1) is 27.0. The van der Waals surface area contributed by atoms with Gasteiger partial charge in [0.1, 0.15) is 5.82 Å². The molecule has 0 spiro atoms. The quantitative estimate of drug-likeness (QED) is 0.247. The first-order chi connectivity index (χ1) is 15.5. The molecule has 33 heavy (non-hydrogen) atoms. The molecule has 3 rings (SSSR count). The second-order valence-corrected chi connectivity index (χ2v) is 8.29. The molecule has 0 radical (unpaired) electrons. The van der Waals surface area contributed by atoms with E-state index in [9.17, 15) is 9.18 Å². The molecule has 2 aromatic rings. The molecule has 1 unspecified atom stereocenters. The Labute approximate surface area is 213 Å². The first-order valence-electron chi connectivity index (χ1n) is 11.4. The Hall–Kier alpha value is -2.20. The Morgan fingerprint density at radius 2 is 1.91 bits per heavy atom. The molecule has 0 saturated carbocycles. The molecular weight excluding hydrogens is 532 g/mol. The van der Waals surface area contributed by atoms with Gasteiger partial charge in [0.25, 0.3) is 0 Å². The third-order valence-electron chi connectivity index (χ3n) is 5.69. The van der Waals surface area contributed by atoms with Crippen molar-refractivity contribution in [3.63, 3.8) is 0 Å². The smallest absolute Gasteiger partial charge is 0.221 e. The lowest BCUT2D eigenvalue weighted by molar-refractivity contribution is -0.123. The van der Waals surface area contributed by atoms with Crippen LogP contribution in [0, 0.1) is 11.7 Å². The number of guanidine groups is 1. The molecule has 6 nitrogen and oxygen atoms in total. The summed E-state index contributed by atoms with van der Waals surface area (Å²) in [6.07, 6.45) is 2.69. The number of primary amides is 1. The summed E-state index contributed by atoms with van der Waals surface area (Å²) in [6, 6.07) is 15.0. The van der Waals surface area contributed by atoms with Crippen LogP contribution < -0.4 is 16.4 Å². The largest absolute Gasteiger partial charge is 0.369 e. The molecule has 0 aromatic heterocycles. The summed E-state index contributed by atoms with van der Waals surface area (Å²) in [4.78, 5) is 18.6. The number of hydrogen-bond acceptors (Lipinski definition) is 3. The van der Waals surface area contributed by atoms with Gasteiger partial charge in [-0.3, -0.25) is 9.69 Å². The molecule has 2 aromatic carbocycles. The zero-order chi connectivity index (χ0) is 22.8. The van der Waals surface area contributed by atoms with E-state index in [1.165, 1.54) is 17.7 Å². The van der Waals surface area contributed by atoms with Crippen molar-refractivity contribution in [2.24, 2.45) is 16.6 Å². The van der Waals surface area contributed by atoms with Crippen LogP contribution in [0.25, 0.3) is 0 Å². The number of amides is 1. The van der Waals surface area contributed by atoms with Crippen LogP contribution in [0.1, 0.15) is 36.5 Å². The number of carbonyl (C=O) groups is 1. The Morgan fingerprint density at radius 3 is 2.64 bits per heavy atom. The number of benzene rings is 2. The van der Waals surface area contributed by atoms with Crippen molar-refractivity contribution in [2.45, 2.75) is 39.3 Å². The molecule has 1 aliphatic rings. The second kappa shape index (κ2) is 14.1. The maximum Gasteiger partial charge on any atom is 0.221 e. The molecule has 180 valence electrons. The van der Waals surface area contributed by atoms with E-state index < -0.39 is 0 Å². The van der Waals surface area contributed by atoms with E-state index >= 15 is 0 Å². The van der Waals surface area contributed by atoms with Crippen LogP contribution in [-0.2, 0) is 24.3 Å². The van der Waals surface area contributed by atoms with Crippen LogP contribution in [0.4, 0.5) is 4.39 Å². The van der Waals surface area contributed by atoms with E-state index in [1.54, 1.807) is 12.1 Å². The van der Waals surface area contributed by atoms with Crippen molar-refractivity contribution in [2.75, 3.05) is 26.2 Å². The maximum absolute atomic E-state index is 13.0. The highest BCUT2D eigenvalue weighted by Gasteiger charge is 2.23. The Morgan fingerprint density at radius 1 is 1.15 bits per heavy atom. The number of halogens is 2. The summed E-state index contributed by atoms with van der Waals surface area (Å²) >= 11 is 0. The summed E-state index contributed by atoms with van der Waals surface area (Å²) in [6.45, 7) is 6.65. The summed E-state index contributed by atoms with van der Waals surface area (Å²) in [7, 11) is 0. The number of hydrogen-bond donors (Lipinski definition) is 3. The van der Waals surface area contributed by atoms with Crippen LogP contribution in [0.2, 0.25) is 0 Å². The minimum absolute atomic E-state index is 0. The van der Waals surface area contributed by atoms with E-state index in [0.29, 0.717) is 13.1 Å². The lowest BCUT2D eigenvalue weighted by Crippen LogP contribution is -2.40. The van der Waals surface area contributed by atoms with Crippen LogP contribution in [0.5, 0.6) is 0 Å². The van der Waals surface area contributed by atoms with Gasteiger partial charge in [-0.15, -0.1) is 24.0 Å². The third kappa shape index (κ3) is 9.29. The highest BCUT2D eigenvalue weighted by Crippen LogP contribution is 2.19. The number of carbonyl (C=O) groups excluding carboxylic acids is 1. The average molecular weight is 567 g/mol. The van der Waals surface area contributed by atoms with E-state index in [0.717, 1.165) is 62.5 Å². The molecule has 1 fully saturated rings. The fourth-order valence-corrected chi connectivity index (χ4v) is 4.00. The zero-order valence-electron chi connectivity index (χ0n) is 19.2. The highest BCUT2D eigenvalue weighted by atomic mass is 127. The predicted molar refractivity (Wildman–Crippen MR) is 142 cm³/mol. The summed E-state index contributed by atoms with van der Waals surface area (Å²) < 4.78 is 13.0. The predicted octanol–water partition coefficient (Wildman–Crippen LogP) is 3.44. The molecule has 8 heteroatoms. The van der Waals surface area contributed by atoms with Gasteiger partial charge in [0.05, 0.1) is 12.5 Å². The number of nitrogens with two attached hydrogens (primary N) is 1. The fraction of sp³-hybridized carbons (Fsp3) is 0.440. The lowest BCUT2D eigenvalue weighted by Gasteiger charge is -2.31. The molecule has 1 atom stereocenters. The molecule has 4 N–H and O–H groups in total. The van der Waals surface area contributed by atoms with Gasteiger partial charge in [-0.1, -0.05) is 36.4 Å². The van der Waals surface area contributed by atoms with E-state index in [-0.39, 0.29) is 41.6 Å². The van der Waals surface area contributed by atoms with E-state index in [2.05, 4.69) is 39.8 Å². The van der Waals surface area contributed by atoms with Gasteiger partial charge in [0.15, 0.2) is 5.96 Å². The lowest BCUT2D eigenvalue weighted by atomic mass is 9.97. The van der Waals surface area contributed by atoms with Gasteiger partial charge in [0, 0.05) is 26.2 Å². The first-order valence-corrected chi connectivity index (χ1v) is 11.4. The standard InChI is InChI=1S/C25H34FN5O.HI/c1-2-28-25(29-13-12-19-8-10-23(26)11-9-19)30-16-20-5-3-6-21(15-20)17-31-14-4-7-22(18-31)24(27)32;/h3,5-6,8-11,15,22H,2,4,7,12-14,16-18H2,1H3,(H2,27,32)(H2,28,29,30);1H. The van der Waals surface area contributed by atoms with E-state index in [1.807, 2.05) is 6.92 Å². The minimum Gasteiger partial charge on any atom is -0.369 e. The molecule has 0 aliphatic carbocycles. The topological polar surface area (TPSA) is 82.8 Å². The molecule has 0 bridgehead atoms. The van der Waals surface area contributed by atoms with Crippen molar-refractivity contribution in [1.29, 1.82) is 0 Å². The van der Waals surface area contributed by atoms with Gasteiger partial charge in [-0.25, -0.2) is 9.38 Å². The van der Waals surface area contributed by atoms with Gasteiger partial charge >= 0.3 is 0 Å². The van der Waals surface area contributed by atoms with Gasteiger partial charge < -0.3 is 16.4 Å². The Kier molecular flexibility index (Phi) is 11.6. The maximum atomic E-state index is 13.0.